The maximum absolute atomic E-state index is 7.29. The maximum Gasteiger partial charge on any atom is 0.107 e. The molecule has 1 rings (SSSR count). The van der Waals surface area contributed by atoms with Crippen molar-refractivity contribution in [1.29, 1.82) is 0 Å². The Morgan fingerprint density at radius 3 is 2.70 bits per heavy atom. The predicted octanol–water partition coefficient (Wildman–Crippen LogP) is 2.12. The summed E-state index contributed by atoms with van der Waals surface area (Å²) in [5.41, 5.74) is 13.6. The quantitative estimate of drug-likeness (QED) is 0.498. The lowest BCUT2D eigenvalue weighted by Crippen LogP contribution is -1.83. The van der Waals surface area contributed by atoms with E-state index in [4.69, 9.17) is 16.0 Å². The molecule has 1 atom stereocenters. The molecule has 0 saturated carbocycles. The number of anilines is 1. The number of rotatable bonds is 1. The van der Waals surface area contributed by atoms with Gasteiger partial charge in [-0.05, 0) is 12.1 Å². The van der Waals surface area contributed by atoms with Gasteiger partial charge in [0.25, 0.3) is 0 Å². The van der Waals surface area contributed by atoms with E-state index in [9.17, 15) is 0 Å². The monoisotopic (exact) mass is 155 g/mol. The summed E-state index contributed by atoms with van der Waals surface area (Å²) in [6, 6.07) is 4.89. The van der Waals surface area contributed by atoms with Crippen molar-refractivity contribution in [2.24, 2.45) is 0 Å². The van der Waals surface area contributed by atoms with Crippen molar-refractivity contribution in [2.45, 2.75) is 0 Å². The van der Waals surface area contributed by atoms with Crippen LogP contribution in [0, 0.1) is 0 Å². The number of nitrogens with two attached hydrogens (primary N) is 1. The molecule has 0 aromatic heterocycles. The topological polar surface area (TPSA) is 59.0 Å². The number of nitrogen functional groups attached to an aromatic ring is 1. The molecule has 4 heteroatoms. The zero-order chi connectivity index (χ0) is 7.56. The van der Waals surface area contributed by atoms with Crippen molar-refractivity contribution in [3.8, 4) is 5.75 Å². The first kappa shape index (κ1) is 7.16. The van der Waals surface area contributed by atoms with Crippen molar-refractivity contribution in [3.05, 3.63) is 23.9 Å². The van der Waals surface area contributed by atoms with Gasteiger partial charge in [-0.3, -0.25) is 0 Å². The largest absolute Gasteiger partial charge is 0.696 e. The Bertz CT molecular complexity index is 239. The second-order valence-electron chi connectivity index (χ2n) is 1.87. The summed E-state index contributed by atoms with van der Waals surface area (Å²) in [7, 11) is 2.08. The van der Waals surface area contributed by atoms with Crippen LogP contribution in [0.2, 0.25) is 0 Å². The van der Waals surface area contributed by atoms with E-state index in [0.717, 1.165) is 0 Å². The maximum atomic E-state index is 7.29. The fraction of sp³-hybridized carbons (Fsp3) is 0. The minimum atomic E-state index is 0.301. The van der Waals surface area contributed by atoms with E-state index in [-0.39, 0.29) is 0 Å². The summed E-state index contributed by atoms with van der Waals surface area (Å²) in [6.07, 6.45) is 0. The van der Waals surface area contributed by atoms with Gasteiger partial charge in [0.15, 0.2) is 0 Å². The van der Waals surface area contributed by atoms with Gasteiger partial charge < -0.3 is 16.0 Å². The molecule has 3 N–H and O–H groups in total. The summed E-state index contributed by atoms with van der Waals surface area (Å²) in [5, 5.41) is 0. The molecule has 0 heterocycles. The fourth-order valence-electron chi connectivity index (χ4n) is 0.650. The highest BCUT2D eigenvalue weighted by atomic mass is 31.0. The summed E-state index contributed by atoms with van der Waals surface area (Å²) in [4.78, 5) is 0. The highest BCUT2D eigenvalue weighted by molar-refractivity contribution is 7.10. The van der Waals surface area contributed by atoms with Crippen LogP contribution in [-0.4, -0.2) is 0 Å². The zero-order valence-electron chi connectivity index (χ0n) is 5.29. The molecule has 1 unspecified atom stereocenters. The molecular formula is C6H8N2OP-. The van der Waals surface area contributed by atoms with Crippen LogP contribution < -0.4 is 10.3 Å². The Hall–Kier alpha value is -0.950. The van der Waals surface area contributed by atoms with E-state index >= 15 is 0 Å². The van der Waals surface area contributed by atoms with E-state index < -0.39 is 0 Å². The van der Waals surface area contributed by atoms with Crippen LogP contribution in [0.3, 0.4) is 0 Å². The molecule has 1 aromatic carbocycles. The smallest absolute Gasteiger partial charge is 0.107 e. The Balaban J connectivity index is 3.07. The lowest BCUT2D eigenvalue weighted by atomic mass is 10.3. The van der Waals surface area contributed by atoms with Crippen LogP contribution in [0.5, 0.6) is 5.75 Å². The Morgan fingerprint density at radius 1 is 1.50 bits per heavy atom. The van der Waals surface area contributed by atoms with E-state index in [1.54, 1.807) is 18.2 Å². The molecule has 0 aliphatic heterocycles. The van der Waals surface area contributed by atoms with Crippen LogP contribution in [0.4, 0.5) is 11.4 Å². The van der Waals surface area contributed by atoms with Crippen LogP contribution in [0.15, 0.2) is 18.2 Å². The first-order valence-corrected chi connectivity index (χ1v) is 3.19. The Morgan fingerprint density at radius 2 is 2.20 bits per heavy atom. The van der Waals surface area contributed by atoms with E-state index in [1.165, 1.54) is 0 Å². The standard InChI is InChI=1S/C6H8N2OP/c7-4-1-2-6(9-10)5(8)3-4/h1-3,8H,7,10H2/q-1. The van der Waals surface area contributed by atoms with Crippen LogP contribution >= 0.6 is 9.47 Å². The molecule has 0 bridgehead atoms. The molecule has 1 aromatic rings. The fourth-order valence-corrected chi connectivity index (χ4v) is 0.856. The third kappa shape index (κ3) is 1.31. The predicted molar refractivity (Wildman–Crippen MR) is 45.2 cm³/mol. The summed E-state index contributed by atoms with van der Waals surface area (Å²) >= 11 is 0. The average molecular weight is 155 g/mol. The van der Waals surface area contributed by atoms with Gasteiger partial charge in [-0.25, -0.2) is 0 Å². The number of benzene rings is 1. The van der Waals surface area contributed by atoms with Gasteiger partial charge in [-0.15, -0.1) is 0 Å². The van der Waals surface area contributed by atoms with Gasteiger partial charge in [-0.1, -0.05) is 11.8 Å². The molecule has 0 aliphatic carbocycles. The van der Waals surface area contributed by atoms with Gasteiger partial charge in [0.1, 0.15) is 5.75 Å². The van der Waals surface area contributed by atoms with Gasteiger partial charge in [0.05, 0.1) is 9.47 Å². The molecule has 0 fully saturated rings. The normalized spacial score (nSPS) is 9.30. The molecule has 10 heavy (non-hydrogen) atoms. The van der Waals surface area contributed by atoms with Crippen molar-refractivity contribution < 1.29 is 4.52 Å². The van der Waals surface area contributed by atoms with Crippen LogP contribution in [-0.2, 0) is 0 Å². The van der Waals surface area contributed by atoms with E-state index in [1.807, 2.05) is 0 Å². The Kier molecular flexibility index (Phi) is 1.97. The van der Waals surface area contributed by atoms with Crippen LogP contribution in [0.1, 0.15) is 0 Å². The van der Waals surface area contributed by atoms with Crippen LogP contribution in [0.25, 0.3) is 5.73 Å². The lowest BCUT2D eigenvalue weighted by molar-refractivity contribution is 0.650. The van der Waals surface area contributed by atoms with Gasteiger partial charge in [0.2, 0.25) is 0 Å². The molecule has 54 valence electrons. The first-order chi connectivity index (χ1) is 4.74. The third-order valence-corrected chi connectivity index (χ3v) is 1.38. The molecular weight excluding hydrogens is 147 g/mol. The zero-order valence-corrected chi connectivity index (χ0v) is 6.45. The highest BCUT2D eigenvalue weighted by Gasteiger charge is 1.90. The van der Waals surface area contributed by atoms with Gasteiger partial charge in [0, 0.05) is 5.69 Å². The van der Waals surface area contributed by atoms with Crippen molar-refractivity contribution in [3.63, 3.8) is 0 Å². The minimum Gasteiger partial charge on any atom is -0.696 e. The Labute approximate surface area is 61.6 Å². The summed E-state index contributed by atoms with van der Waals surface area (Å²) < 4.78 is 4.77. The molecule has 0 amide bonds. The molecule has 0 aliphatic rings. The minimum absolute atomic E-state index is 0.301. The van der Waals surface area contributed by atoms with E-state index in [0.29, 0.717) is 17.1 Å². The molecule has 3 nitrogen and oxygen atoms in total. The van der Waals surface area contributed by atoms with Crippen molar-refractivity contribution in [2.75, 3.05) is 5.73 Å². The van der Waals surface area contributed by atoms with Crippen molar-refractivity contribution in [1.82, 2.24) is 0 Å². The second kappa shape index (κ2) is 2.76. The van der Waals surface area contributed by atoms with Gasteiger partial charge >= 0.3 is 0 Å². The third-order valence-electron chi connectivity index (χ3n) is 1.13. The second-order valence-corrected chi connectivity index (χ2v) is 2.11. The van der Waals surface area contributed by atoms with E-state index in [2.05, 4.69) is 9.47 Å². The number of hydrogen-bond donors (Lipinski definition) is 1. The molecule has 0 saturated heterocycles. The van der Waals surface area contributed by atoms with Crippen molar-refractivity contribution >= 4 is 20.8 Å². The lowest BCUT2D eigenvalue weighted by Gasteiger charge is -2.09. The first-order valence-electron chi connectivity index (χ1n) is 2.72. The summed E-state index contributed by atoms with van der Waals surface area (Å²) in [6.45, 7) is 0. The number of hydrogen-bond acceptors (Lipinski definition) is 2. The summed E-state index contributed by atoms with van der Waals surface area (Å²) in [5.74, 6) is 0.513. The van der Waals surface area contributed by atoms with Gasteiger partial charge in [-0.2, -0.15) is 0 Å². The SMILES string of the molecule is [NH-]c1cc(N)ccc1OP. The molecule has 0 spiro atoms. The number of nitrogens with one attached hydrogen (secondary N) is 1. The average Bonchev–Trinajstić information content (AvgIpc) is 1.88. The molecule has 0 radical (unpaired) electrons. The highest BCUT2D eigenvalue weighted by Crippen LogP contribution is 2.29.